The molecule has 0 unspecified atom stereocenters. The lowest BCUT2D eigenvalue weighted by Crippen LogP contribution is -2.16. The molecular formula is C22H22ClN3O2. The van der Waals surface area contributed by atoms with E-state index < -0.39 is 0 Å². The molecule has 28 heavy (non-hydrogen) atoms. The maximum Gasteiger partial charge on any atom is 0.257 e. The van der Waals surface area contributed by atoms with E-state index in [0.717, 1.165) is 22.6 Å². The molecule has 0 aliphatic heterocycles. The average Bonchev–Trinajstić information content (AvgIpc) is 2.91. The molecule has 6 heteroatoms. The van der Waals surface area contributed by atoms with Crippen molar-refractivity contribution in [1.82, 2.24) is 4.57 Å². The molecule has 0 aliphatic carbocycles. The number of aryl methyl sites for hydroxylation is 2. The Labute approximate surface area is 169 Å². The first-order valence-electron chi connectivity index (χ1n) is 8.90. The summed E-state index contributed by atoms with van der Waals surface area (Å²) in [4.78, 5) is 24.4. The predicted octanol–water partition coefficient (Wildman–Crippen LogP) is 5.27. The van der Waals surface area contributed by atoms with Crippen LogP contribution in [0.4, 0.5) is 11.4 Å². The van der Waals surface area contributed by atoms with Gasteiger partial charge < -0.3 is 15.2 Å². The van der Waals surface area contributed by atoms with Crippen LogP contribution in [0.5, 0.6) is 0 Å². The molecule has 0 bridgehead atoms. The van der Waals surface area contributed by atoms with Crippen molar-refractivity contribution in [2.45, 2.75) is 27.7 Å². The lowest BCUT2D eigenvalue weighted by atomic mass is 10.1. The van der Waals surface area contributed by atoms with Gasteiger partial charge in [-0.1, -0.05) is 23.7 Å². The smallest absolute Gasteiger partial charge is 0.257 e. The number of amides is 2. The van der Waals surface area contributed by atoms with E-state index in [1.54, 1.807) is 6.07 Å². The van der Waals surface area contributed by atoms with Gasteiger partial charge in [-0.3, -0.25) is 9.59 Å². The highest BCUT2D eigenvalue weighted by Crippen LogP contribution is 2.27. The highest BCUT2D eigenvalue weighted by atomic mass is 35.5. The summed E-state index contributed by atoms with van der Waals surface area (Å²) in [5, 5.41) is 6.31. The number of nitrogens with zero attached hydrogens (tertiary/aromatic N) is 1. The summed E-state index contributed by atoms with van der Waals surface area (Å²) < 4.78 is 1.99. The number of hydrogen-bond acceptors (Lipinski definition) is 2. The highest BCUT2D eigenvalue weighted by Gasteiger charge is 2.18. The van der Waals surface area contributed by atoms with E-state index in [1.165, 1.54) is 6.92 Å². The van der Waals surface area contributed by atoms with Crippen LogP contribution in [0.3, 0.4) is 0 Å². The average molecular weight is 396 g/mol. The maximum absolute atomic E-state index is 13.0. The number of carbonyl (C=O) groups excluding carboxylic acids is 2. The molecule has 2 N–H and O–H groups in total. The van der Waals surface area contributed by atoms with Crippen molar-refractivity contribution in [2.75, 3.05) is 10.6 Å². The quantitative estimate of drug-likeness (QED) is 0.632. The van der Waals surface area contributed by atoms with Gasteiger partial charge in [0.1, 0.15) is 0 Å². The molecule has 0 atom stereocenters. The van der Waals surface area contributed by atoms with Crippen molar-refractivity contribution in [1.29, 1.82) is 0 Å². The van der Waals surface area contributed by atoms with E-state index in [9.17, 15) is 9.59 Å². The number of carbonyl (C=O) groups is 2. The first kappa shape index (κ1) is 19.7. The van der Waals surface area contributed by atoms with Crippen LogP contribution >= 0.6 is 11.6 Å². The summed E-state index contributed by atoms with van der Waals surface area (Å²) in [6.07, 6.45) is 0. The third kappa shape index (κ3) is 4.10. The number of rotatable bonds is 4. The van der Waals surface area contributed by atoms with Gasteiger partial charge >= 0.3 is 0 Å². The Balaban J connectivity index is 1.96. The number of aromatic nitrogens is 1. The van der Waals surface area contributed by atoms with Crippen LogP contribution in [0.1, 0.15) is 34.2 Å². The van der Waals surface area contributed by atoms with Gasteiger partial charge in [0.15, 0.2) is 0 Å². The minimum Gasteiger partial charge on any atom is -0.325 e. The molecular weight excluding hydrogens is 374 g/mol. The standard InChI is InChI=1S/C22H22ClN3O2/c1-13-8-9-20(24-16(4)27)21(10-13)25-22(28)19-11-14(2)26(15(19)3)18-7-5-6-17(23)12-18/h5-12H,1-4H3,(H,24,27)(H,25,28). The zero-order chi connectivity index (χ0) is 20.4. The van der Waals surface area contributed by atoms with Crippen LogP contribution in [0.25, 0.3) is 5.69 Å². The van der Waals surface area contributed by atoms with E-state index >= 15 is 0 Å². The van der Waals surface area contributed by atoms with Crippen molar-refractivity contribution in [3.05, 3.63) is 76.1 Å². The van der Waals surface area contributed by atoms with Crippen molar-refractivity contribution in [3.63, 3.8) is 0 Å². The normalized spacial score (nSPS) is 10.6. The van der Waals surface area contributed by atoms with E-state index in [0.29, 0.717) is 22.0 Å². The van der Waals surface area contributed by atoms with Gasteiger partial charge in [-0.25, -0.2) is 0 Å². The number of anilines is 2. The van der Waals surface area contributed by atoms with Crippen LogP contribution < -0.4 is 10.6 Å². The van der Waals surface area contributed by atoms with E-state index in [2.05, 4.69) is 10.6 Å². The fraction of sp³-hybridized carbons (Fsp3) is 0.182. The van der Waals surface area contributed by atoms with Crippen LogP contribution in [0, 0.1) is 20.8 Å². The second-order valence-corrected chi connectivity index (χ2v) is 7.22. The molecule has 3 aromatic rings. The van der Waals surface area contributed by atoms with E-state index in [4.69, 9.17) is 11.6 Å². The molecule has 144 valence electrons. The van der Waals surface area contributed by atoms with Crippen molar-refractivity contribution in [3.8, 4) is 5.69 Å². The van der Waals surface area contributed by atoms with Crippen LogP contribution in [-0.2, 0) is 4.79 Å². The summed E-state index contributed by atoms with van der Waals surface area (Å²) in [5.74, 6) is -0.433. The third-order valence-electron chi connectivity index (χ3n) is 4.48. The molecule has 2 amide bonds. The van der Waals surface area contributed by atoms with Crippen LogP contribution in [-0.4, -0.2) is 16.4 Å². The van der Waals surface area contributed by atoms with E-state index in [-0.39, 0.29) is 11.8 Å². The number of halogens is 1. The molecule has 1 aromatic heterocycles. The molecule has 1 heterocycles. The first-order chi connectivity index (χ1) is 13.3. The SMILES string of the molecule is CC(=O)Nc1ccc(C)cc1NC(=O)c1cc(C)n(-c2cccc(Cl)c2)c1C. The maximum atomic E-state index is 13.0. The Morgan fingerprint density at radius 1 is 0.929 bits per heavy atom. The molecule has 0 saturated carbocycles. The Hall–Kier alpha value is -3.05. The second kappa shape index (κ2) is 7.90. The Bertz CT molecular complexity index is 1070. The van der Waals surface area contributed by atoms with Gasteiger partial charge in [-0.2, -0.15) is 0 Å². The fourth-order valence-corrected chi connectivity index (χ4v) is 3.44. The first-order valence-corrected chi connectivity index (χ1v) is 9.28. The Morgan fingerprint density at radius 3 is 2.36 bits per heavy atom. The minimum atomic E-state index is -0.237. The molecule has 0 fully saturated rings. The van der Waals surface area contributed by atoms with E-state index in [1.807, 2.05) is 67.8 Å². The topological polar surface area (TPSA) is 63.1 Å². The molecule has 3 rings (SSSR count). The summed E-state index contributed by atoms with van der Waals surface area (Å²) in [6, 6.07) is 14.8. The molecule has 0 spiro atoms. The second-order valence-electron chi connectivity index (χ2n) is 6.78. The van der Waals surface area contributed by atoms with Crippen LogP contribution in [0.15, 0.2) is 48.5 Å². The van der Waals surface area contributed by atoms with Gasteiger partial charge in [0.25, 0.3) is 5.91 Å². The van der Waals surface area contributed by atoms with Gasteiger partial charge in [-0.05, 0) is 62.7 Å². The molecule has 5 nitrogen and oxygen atoms in total. The molecule has 2 aromatic carbocycles. The zero-order valence-corrected chi connectivity index (χ0v) is 17.0. The summed E-state index contributed by atoms with van der Waals surface area (Å²) in [6.45, 7) is 7.20. The van der Waals surface area contributed by atoms with Gasteiger partial charge in [-0.15, -0.1) is 0 Å². The molecule has 0 aliphatic rings. The predicted molar refractivity (Wildman–Crippen MR) is 114 cm³/mol. The molecule has 0 radical (unpaired) electrons. The number of nitrogens with one attached hydrogen (secondary N) is 2. The van der Waals surface area contributed by atoms with Gasteiger partial charge in [0, 0.05) is 29.0 Å². The molecule has 0 saturated heterocycles. The summed E-state index contributed by atoms with van der Waals surface area (Å²) in [7, 11) is 0. The van der Waals surface area contributed by atoms with Gasteiger partial charge in [0.05, 0.1) is 16.9 Å². The summed E-state index contributed by atoms with van der Waals surface area (Å²) >= 11 is 6.12. The summed E-state index contributed by atoms with van der Waals surface area (Å²) in [5.41, 5.74) is 5.31. The highest BCUT2D eigenvalue weighted by molar-refractivity contribution is 6.30. The number of hydrogen-bond donors (Lipinski definition) is 2. The van der Waals surface area contributed by atoms with Crippen molar-refractivity contribution >= 4 is 34.8 Å². The zero-order valence-electron chi connectivity index (χ0n) is 16.3. The third-order valence-corrected chi connectivity index (χ3v) is 4.71. The lowest BCUT2D eigenvalue weighted by molar-refractivity contribution is -0.114. The lowest BCUT2D eigenvalue weighted by Gasteiger charge is -2.13. The number of benzene rings is 2. The van der Waals surface area contributed by atoms with Gasteiger partial charge in [0.2, 0.25) is 5.91 Å². The fourth-order valence-electron chi connectivity index (χ4n) is 3.26. The van der Waals surface area contributed by atoms with Crippen LogP contribution in [0.2, 0.25) is 5.02 Å². The Morgan fingerprint density at radius 2 is 1.68 bits per heavy atom. The Kier molecular flexibility index (Phi) is 5.56. The minimum absolute atomic E-state index is 0.196. The van der Waals surface area contributed by atoms with Crippen molar-refractivity contribution < 1.29 is 9.59 Å². The monoisotopic (exact) mass is 395 g/mol. The van der Waals surface area contributed by atoms with Crippen molar-refractivity contribution in [2.24, 2.45) is 0 Å². The largest absolute Gasteiger partial charge is 0.325 e.